The molecule has 3 unspecified atom stereocenters. The molecule has 2 saturated heterocycles. The number of benzene rings is 1. The number of allylic oxidation sites excluding steroid dienone is 1. The van der Waals surface area contributed by atoms with Gasteiger partial charge in [0.1, 0.15) is 11.1 Å². The van der Waals surface area contributed by atoms with Gasteiger partial charge in [0.25, 0.3) is 0 Å². The second kappa shape index (κ2) is 8.57. The highest BCUT2D eigenvalue weighted by atomic mass is 35.5. The first-order chi connectivity index (χ1) is 14.7. The summed E-state index contributed by atoms with van der Waals surface area (Å²) < 4.78 is 41.5. The zero-order valence-corrected chi connectivity index (χ0v) is 18.7. The molecule has 2 amide bonds. The normalized spacial score (nSPS) is 27.1. The minimum atomic E-state index is -4.15. The van der Waals surface area contributed by atoms with Crippen LogP contribution in [0.3, 0.4) is 0 Å². The maximum absolute atomic E-state index is 13.7. The minimum Gasteiger partial charge on any atom is -0.504 e. The highest BCUT2D eigenvalue weighted by Gasteiger charge is 2.41. The molecule has 170 valence electrons. The van der Waals surface area contributed by atoms with Crippen LogP contribution in [-0.2, 0) is 10.0 Å². The number of phenolic OH excluding ortho intramolecular Hbond substituents is 1. The van der Waals surface area contributed by atoms with Gasteiger partial charge in [-0.05, 0) is 38.3 Å². The summed E-state index contributed by atoms with van der Waals surface area (Å²) in [6, 6.07) is 1.84. The van der Waals surface area contributed by atoms with Gasteiger partial charge in [-0.15, -0.1) is 0 Å². The molecular formula is C20H26ClFN4O4S. The van der Waals surface area contributed by atoms with Crippen molar-refractivity contribution in [2.24, 2.45) is 0 Å². The molecule has 31 heavy (non-hydrogen) atoms. The van der Waals surface area contributed by atoms with E-state index >= 15 is 0 Å². The zero-order valence-electron chi connectivity index (χ0n) is 17.1. The lowest BCUT2D eigenvalue weighted by Gasteiger charge is -2.36. The molecule has 0 bridgehead atoms. The lowest BCUT2D eigenvalue weighted by Crippen LogP contribution is -2.51. The number of sulfonamides is 1. The third-order valence-corrected chi connectivity index (χ3v) is 8.60. The van der Waals surface area contributed by atoms with Crippen LogP contribution in [-0.4, -0.2) is 73.2 Å². The Labute approximate surface area is 186 Å². The Morgan fingerprint density at radius 2 is 2.06 bits per heavy atom. The zero-order chi connectivity index (χ0) is 22.3. The van der Waals surface area contributed by atoms with Crippen molar-refractivity contribution >= 4 is 33.3 Å². The van der Waals surface area contributed by atoms with Crippen molar-refractivity contribution in [2.75, 3.05) is 31.5 Å². The molecule has 0 spiro atoms. The van der Waals surface area contributed by atoms with Gasteiger partial charge >= 0.3 is 6.03 Å². The number of aromatic hydroxyl groups is 1. The van der Waals surface area contributed by atoms with E-state index in [2.05, 4.69) is 10.6 Å². The number of carbonyl (C=O) groups is 1. The summed E-state index contributed by atoms with van der Waals surface area (Å²) in [6.45, 7) is 2.96. The van der Waals surface area contributed by atoms with E-state index < -0.39 is 32.9 Å². The van der Waals surface area contributed by atoms with Crippen LogP contribution in [0.1, 0.15) is 26.2 Å². The van der Waals surface area contributed by atoms with Crippen LogP contribution in [0.4, 0.5) is 14.9 Å². The van der Waals surface area contributed by atoms with Gasteiger partial charge in [-0.25, -0.2) is 17.6 Å². The molecule has 2 aliphatic heterocycles. The number of halogens is 2. The van der Waals surface area contributed by atoms with Gasteiger partial charge in [-0.3, -0.25) is 4.90 Å². The largest absolute Gasteiger partial charge is 0.504 e. The van der Waals surface area contributed by atoms with E-state index in [0.717, 1.165) is 18.4 Å². The maximum atomic E-state index is 13.7. The van der Waals surface area contributed by atoms with Crippen molar-refractivity contribution in [1.82, 2.24) is 14.5 Å². The molecular weight excluding hydrogens is 447 g/mol. The predicted octanol–water partition coefficient (Wildman–Crippen LogP) is 2.69. The number of urea groups is 1. The first-order valence-corrected chi connectivity index (χ1v) is 12.1. The number of amides is 2. The lowest BCUT2D eigenvalue weighted by molar-refractivity contribution is 0.156. The molecule has 0 saturated carbocycles. The van der Waals surface area contributed by atoms with Crippen LogP contribution in [0.15, 0.2) is 28.7 Å². The number of hydrogen-bond acceptors (Lipinski definition) is 5. The number of anilines is 1. The average molecular weight is 473 g/mol. The van der Waals surface area contributed by atoms with Crippen molar-refractivity contribution in [3.8, 4) is 5.75 Å². The topological polar surface area (TPSA) is 102 Å². The summed E-state index contributed by atoms with van der Waals surface area (Å²) >= 11 is 6.16. The van der Waals surface area contributed by atoms with Crippen LogP contribution in [0.5, 0.6) is 5.75 Å². The molecule has 3 aliphatic rings. The van der Waals surface area contributed by atoms with Gasteiger partial charge in [-0.2, -0.15) is 4.31 Å². The number of nitrogens with zero attached hydrogens (tertiary/aromatic N) is 2. The van der Waals surface area contributed by atoms with Crippen molar-refractivity contribution in [3.05, 3.63) is 28.8 Å². The van der Waals surface area contributed by atoms with E-state index in [-0.39, 0.29) is 42.3 Å². The van der Waals surface area contributed by atoms with E-state index in [9.17, 15) is 22.7 Å². The van der Waals surface area contributed by atoms with Crippen molar-refractivity contribution in [1.29, 1.82) is 0 Å². The Balaban J connectivity index is 1.54. The van der Waals surface area contributed by atoms with Crippen LogP contribution >= 0.6 is 11.6 Å². The molecule has 0 aromatic heterocycles. The Kier molecular flexibility index (Phi) is 6.17. The molecule has 2 heterocycles. The summed E-state index contributed by atoms with van der Waals surface area (Å²) in [7, 11) is -4.15. The van der Waals surface area contributed by atoms with Crippen LogP contribution in [0, 0.1) is 0 Å². The molecule has 1 aromatic carbocycles. The Bertz CT molecular complexity index is 1020. The van der Waals surface area contributed by atoms with Gasteiger partial charge in [0, 0.05) is 32.2 Å². The van der Waals surface area contributed by atoms with Crippen molar-refractivity contribution < 1.29 is 22.7 Å². The SMILES string of the molecule is CC1=CCCC1NC(=O)Nc1ccc(Cl)c(S(=O)(=O)N2CCN3CC(F)CC3C2)c1O. The number of carbonyl (C=O) groups excluding carboxylic acids is 1. The molecule has 3 N–H and O–H groups in total. The average Bonchev–Trinajstić information content (AvgIpc) is 3.27. The summed E-state index contributed by atoms with van der Waals surface area (Å²) in [6.07, 6.45) is 3.03. The fraction of sp³-hybridized carbons (Fsp3) is 0.550. The smallest absolute Gasteiger partial charge is 0.319 e. The fourth-order valence-electron chi connectivity index (χ4n) is 4.54. The first-order valence-electron chi connectivity index (χ1n) is 10.3. The van der Waals surface area contributed by atoms with Gasteiger partial charge in [0.15, 0.2) is 5.75 Å². The summed E-state index contributed by atoms with van der Waals surface area (Å²) in [5, 5.41) is 15.9. The number of alkyl halides is 1. The summed E-state index contributed by atoms with van der Waals surface area (Å²) in [4.78, 5) is 13.9. The van der Waals surface area contributed by atoms with Gasteiger partial charge in [0.05, 0.1) is 16.8 Å². The highest BCUT2D eigenvalue weighted by molar-refractivity contribution is 7.89. The van der Waals surface area contributed by atoms with Crippen LogP contribution < -0.4 is 10.6 Å². The van der Waals surface area contributed by atoms with E-state index in [4.69, 9.17) is 11.6 Å². The Hall–Kier alpha value is -1.88. The molecule has 0 radical (unpaired) electrons. The summed E-state index contributed by atoms with van der Waals surface area (Å²) in [5.74, 6) is -0.612. The van der Waals surface area contributed by atoms with E-state index in [1.807, 2.05) is 17.9 Å². The predicted molar refractivity (Wildman–Crippen MR) is 116 cm³/mol. The highest BCUT2D eigenvalue weighted by Crippen LogP contribution is 2.39. The quantitative estimate of drug-likeness (QED) is 0.462. The molecule has 1 aliphatic carbocycles. The number of phenols is 1. The van der Waals surface area contributed by atoms with Crippen LogP contribution in [0.25, 0.3) is 0 Å². The van der Waals surface area contributed by atoms with Crippen molar-refractivity contribution in [3.63, 3.8) is 0 Å². The van der Waals surface area contributed by atoms with Gasteiger partial charge in [-0.1, -0.05) is 23.3 Å². The Morgan fingerprint density at radius 3 is 2.77 bits per heavy atom. The number of hydrogen-bond donors (Lipinski definition) is 3. The molecule has 11 heteroatoms. The van der Waals surface area contributed by atoms with Gasteiger partial charge < -0.3 is 15.7 Å². The number of fused-ring (bicyclic) bond motifs is 1. The van der Waals surface area contributed by atoms with E-state index in [1.54, 1.807) is 0 Å². The van der Waals surface area contributed by atoms with Crippen LogP contribution in [0.2, 0.25) is 5.02 Å². The molecule has 2 fully saturated rings. The van der Waals surface area contributed by atoms with E-state index in [0.29, 0.717) is 13.1 Å². The Morgan fingerprint density at radius 1 is 1.29 bits per heavy atom. The lowest BCUT2D eigenvalue weighted by atomic mass is 10.2. The number of rotatable bonds is 4. The maximum Gasteiger partial charge on any atom is 0.319 e. The second-order valence-electron chi connectivity index (χ2n) is 8.29. The molecule has 1 aromatic rings. The van der Waals surface area contributed by atoms with E-state index in [1.165, 1.54) is 16.4 Å². The monoisotopic (exact) mass is 472 g/mol. The standard InChI is InChI=1S/C20H26ClFN4O4S/c1-12-3-2-4-16(12)23-20(28)24-17-6-5-15(21)19(18(17)27)31(29,30)26-8-7-25-10-13(22)9-14(25)11-26/h3,5-6,13-14,16,27H,2,4,7-11H2,1H3,(H2,23,24,28). The molecule has 4 rings (SSSR count). The number of piperazine rings is 1. The first kappa shape index (κ1) is 22.3. The van der Waals surface area contributed by atoms with Gasteiger partial charge in [0.2, 0.25) is 10.0 Å². The number of nitrogens with one attached hydrogen (secondary N) is 2. The second-order valence-corrected chi connectivity index (χ2v) is 10.6. The summed E-state index contributed by atoms with van der Waals surface area (Å²) in [5.41, 5.74) is 1.00. The van der Waals surface area contributed by atoms with Crippen molar-refractivity contribution in [2.45, 2.75) is 49.3 Å². The minimum absolute atomic E-state index is 0.0524. The molecule has 3 atom stereocenters. The third-order valence-electron chi connectivity index (χ3n) is 6.23. The molecule has 8 nitrogen and oxygen atoms in total. The third kappa shape index (κ3) is 4.39. The fourth-order valence-corrected chi connectivity index (χ4v) is 6.61.